The fourth-order valence-corrected chi connectivity index (χ4v) is 3.54. The fraction of sp³-hybridized carbons (Fsp3) is 0.167. The van der Waals surface area contributed by atoms with E-state index in [1.54, 1.807) is 12.3 Å². The highest BCUT2D eigenvalue weighted by molar-refractivity contribution is 6.07. The zero-order chi connectivity index (χ0) is 20.2. The second-order valence-corrected chi connectivity index (χ2v) is 7.30. The van der Waals surface area contributed by atoms with Crippen molar-refractivity contribution in [2.24, 2.45) is 0 Å². The highest BCUT2D eigenvalue weighted by Crippen LogP contribution is 2.25. The van der Waals surface area contributed by atoms with Gasteiger partial charge in [0.05, 0.1) is 38.0 Å². The molecule has 29 heavy (non-hydrogen) atoms. The molecular formula is C24H24N3O2+. The number of carbonyl (C=O) groups is 1. The van der Waals surface area contributed by atoms with Crippen LogP contribution in [0.5, 0.6) is 0 Å². The molecule has 2 N–H and O–H groups in total. The highest BCUT2D eigenvalue weighted by atomic mass is 16.3. The van der Waals surface area contributed by atoms with Crippen molar-refractivity contribution < 1.29 is 14.1 Å². The van der Waals surface area contributed by atoms with Crippen molar-refractivity contribution >= 4 is 16.8 Å². The maximum Gasteiger partial charge on any atom is 0.252 e. The fourth-order valence-electron chi connectivity index (χ4n) is 3.54. The van der Waals surface area contributed by atoms with E-state index in [1.165, 1.54) is 10.5 Å². The first kappa shape index (κ1) is 18.9. The first-order valence-electron chi connectivity index (χ1n) is 9.70. The van der Waals surface area contributed by atoms with E-state index in [1.807, 2.05) is 54.6 Å². The smallest absolute Gasteiger partial charge is 0.252 e. The molecule has 4 rings (SSSR count). The Morgan fingerprint density at radius 1 is 1.03 bits per heavy atom. The lowest BCUT2D eigenvalue weighted by Crippen LogP contribution is -3.07. The standard InChI is InChI=1S/C24H23N3O2/c1-27(2)22(17-9-4-3-5-10-17)16-25-24(28)19-15-21(23-13-8-14-29-23)26-20-12-7-6-11-18(19)20/h3-15,22H,16H2,1-2H3,(H,25,28)/p+1/t22-/m1/s1. The number of hydrogen-bond acceptors (Lipinski definition) is 3. The third kappa shape index (κ3) is 4.05. The average molecular weight is 386 g/mol. The highest BCUT2D eigenvalue weighted by Gasteiger charge is 2.20. The van der Waals surface area contributed by atoms with Gasteiger partial charge in [-0.1, -0.05) is 48.5 Å². The number of fused-ring (bicyclic) bond motifs is 1. The van der Waals surface area contributed by atoms with Gasteiger partial charge in [-0.2, -0.15) is 0 Å². The van der Waals surface area contributed by atoms with Crippen LogP contribution < -0.4 is 10.2 Å². The van der Waals surface area contributed by atoms with Gasteiger partial charge in [0, 0.05) is 10.9 Å². The molecule has 0 saturated heterocycles. The van der Waals surface area contributed by atoms with Gasteiger partial charge in [-0.25, -0.2) is 4.98 Å². The van der Waals surface area contributed by atoms with Gasteiger partial charge in [0.15, 0.2) is 5.76 Å². The Hall–Kier alpha value is -3.44. The summed E-state index contributed by atoms with van der Waals surface area (Å²) in [6.07, 6.45) is 1.61. The van der Waals surface area contributed by atoms with Gasteiger partial charge in [-0.05, 0) is 24.3 Å². The molecule has 0 bridgehead atoms. The molecule has 5 heteroatoms. The second-order valence-electron chi connectivity index (χ2n) is 7.30. The molecule has 2 aromatic heterocycles. The number of carbonyl (C=O) groups excluding carboxylic acids is 1. The summed E-state index contributed by atoms with van der Waals surface area (Å²) in [4.78, 5) is 19.1. The minimum atomic E-state index is -0.112. The Bertz CT molecular complexity index is 1110. The molecule has 1 atom stereocenters. The summed E-state index contributed by atoms with van der Waals surface area (Å²) in [5.41, 5.74) is 3.22. The van der Waals surface area contributed by atoms with E-state index in [9.17, 15) is 4.79 Å². The number of pyridine rings is 1. The Kier molecular flexibility index (Phi) is 5.40. The van der Waals surface area contributed by atoms with Crippen molar-refractivity contribution in [3.05, 3.63) is 90.2 Å². The summed E-state index contributed by atoms with van der Waals surface area (Å²) in [5, 5.41) is 3.95. The molecule has 0 aliphatic carbocycles. The molecule has 4 aromatic rings. The van der Waals surface area contributed by atoms with Gasteiger partial charge in [-0.15, -0.1) is 0 Å². The van der Waals surface area contributed by atoms with Gasteiger partial charge in [0.1, 0.15) is 11.7 Å². The molecule has 0 radical (unpaired) electrons. The van der Waals surface area contributed by atoms with Crippen LogP contribution >= 0.6 is 0 Å². The molecule has 5 nitrogen and oxygen atoms in total. The first-order chi connectivity index (χ1) is 14.1. The number of nitrogens with one attached hydrogen (secondary N) is 2. The molecule has 2 aromatic carbocycles. The van der Waals surface area contributed by atoms with Crippen LogP contribution in [0.25, 0.3) is 22.4 Å². The largest absolute Gasteiger partial charge is 0.463 e. The number of benzene rings is 2. The predicted molar refractivity (Wildman–Crippen MR) is 114 cm³/mol. The topological polar surface area (TPSA) is 59.6 Å². The van der Waals surface area contributed by atoms with Crippen LogP contribution in [0.3, 0.4) is 0 Å². The van der Waals surface area contributed by atoms with E-state index in [4.69, 9.17) is 4.42 Å². The van der Waals surface area contributed by atoms with Crippen molar-refractivity contribution in [1.29, 1.82) is 0 Å². The molecule has 1 amide bonds. The van der Waals surface area contributed by atoms with E-state index in [-0.39, 0.29) is 11.9 Å². The molecule has 0 spiro atoms. The Balaban J connectivity index is 1.64. The SMILES string of the molecule is C[NH+](C)[C@H](CNC(=O)c1cc(-c2ccco2)nc2ccccc12)c1ccccc1. The van der Waals surface area contributed by atoms with Crippen LogP contribution in [0, 0.1) is 0 Å². The van der Waals surface area contributed by atoms with Crippen molar-refractivity contribution in [2.45, 2.75) is 6.04 Å². The van der Waals surface area contributed by atoms with Gasteiger partial charge in [-0.3, -0.25) is 4.79 Å². The number of nitrogens with zero attached hydrogens (tertiary/aromatic N) is 1. The molecule has 2 heterocycles. The normalized spacial score (nSPS) is 12.2. The number of hydrogen-bond donors (Lipinski definition) is 2. The number of quaternary nitrogens is 1. The number of aromatic nitrogens is 1. The molecule has 146 valence electrons. The van der Waals surface area contributed by atoms with Crippen LogP contribution in [0.1, 0.15) is 22.0 Å². The third-order valence-electron chi connectivity index (χ3n) is 5.10. The van der Waals surface area contributed by atoms with Gasteiger partial charge in [0.25, 0.3) is 5.91 Å². The quantitative estimate of drug-likeness (QED) is 0.535. The van der Waals surface area contributed by atoms with Crippen molar-refractivity contribution in [1.82, 2.24) is 10.3 Å². The number of rotatable bonds is 6. The molecule has 0 unspecified atom stereocenters. The summed E-state index contributed by atoms with van der Waals surface area (Å²) < 4.78 is 5.49. The number of likely N-dealkylation sites (N-methyl/N-ethyl adjacent to an activating group) is 1. The molecule has 0 saturated carbocycles. The summed E-state index contributed by atoms with van der Waals surface area (Å²) in [5.74, 6) is 0.531. The number of para-hydroxylation sites is 1. The summed E-state index contributed by atoms with van der Waals surface area (Å²) in [6.45, 7) is 0.540. The molecular weight excluding hydrogens is 362 g/mol. The lowest BCUT2D eigenvalue weighted by atomic mass is 10.0. The Morgan fingerprint density at radius 3 is 2.52 bits per heavy atom. The van der Waals surface area contributed by atoms with Gasteiger partial charge >= 0.3 is 0 Å². The van der Waals surface area contributed by atoms with Crippen molar-refractivity contribution in [3.63, 3.8) is 0 Å². The average Bonchev–Trinajstić information content (AvgIpc) is 3.28. The van der Waals surface area contributed by atoms with Gasteiger partial charge in [0.2, 0.25) is 0 Å². The third-order valence-corrected chi connectivity index (χ3v) is 5.10. The van der Waals surface area contributed by atoms with Crippen LogP contribution in [-0.2, 0) is 0 Å². The van der Waals surface area contributed by atoms with E-state index in [0.29, 0.717) is 23.6 Å². The van der Waals surface area contributed by atoms with Gasteiger partial charge < -0.3 is 14.6 Å². The summed E-state index contributed by atoms with van der Waals surface area (Å²) >= 11 is 0. The Morgan fingerprint density at radius 2 is 1.79 bits per heavy atom. The zero-order valence-corrected chi connectivity index (χ0v) is 16.6. The van der Waals surface area contributed by atoms with E-state index in [0.717, 1.165) is 10.9 Å². The minimum absolute atomic E-state index is 0.112. The summed E-state index contributed by atoms with van der Waals surface area (Å²) in [6, 6.07) is 23.6. The Labute approximate surface area is 170 Å². The van der Waals surface area contributed by atoms with Crippen LogP contribution in [0.15, 0.2) is 83.5 Å². The minimum Gasteiger partial charge on any atom is -0.463 e. The molecule has 0 aliphatic heterocycles. The second kappa shape index (κ2) is 8.29. The monoisotopic (exact) mass is 386 g/mol. The predicted octanol–water partition coefficient (Wildman–Crippen LogP) is 3.11. The molecule has 0 aliphatic rings. The summed E-state index contributed by atoms with van der Waals surface area (Å²) in [7, 11) is 4.20. The van der Waals surface area contributed by atoms with Crippen molar-refractivity contribution in [3.8, 4) is 11.5 Å². The number of furan rings is 1. The zero-order valence-electron chi connectivity index (χ0n) is 16.6. The van der Waals surface area contributed by atoms with E-state index in [2.05, 4.69) is 36.5 Å². The van der Waals surface area contributed by atoms with E-state index < -0.39 is 0 Å². The maximum absolute atomic E-state index is 13.2. The molecule has 0 fully saturated rings. The van der Waals surface area contributed by atoms with E-state index >= 15 is 0 Å². The maximum atomic E-state index is 13.2. The first-order valence-corrected chi connectivity index (χ1v) is 9.70. The lowest BCUT2D eigenvalue weighted by Gasteiger charge is -2.22. The van der Waals surface area contributed by atoms with Crippen LogP contribution in [0.2, 0.25) is 0 Å². The van der Waals surface area contributed by atoms with Crippen molar-refractivity contribution in [2.75, 3.05) is 20.6 Å². The van der Waals surface area contributed by atoms with Crippen LogP contribution in [-0.4, -0.2) is 31.5 Å². The lowest BCUT2D eigenvalue weighted by molar-refractivity contribution is -0.890. The van der Waals surface area contributed by atoms with Crippen LogP contribution in [0.4, 0.5) is 0 Å². The number of amides is 1.